The van der Waals surface area contributed by atoms with Gasteiger partial charge in [-0.3, -0.25) is 0 Å². The number of hydrogen-bond donors (Lipinski definition) is 2. The fourth-order valence-corrected chi connectivity index (χ4v) is 1.11. The largest absolute Gasteiger partial charge is 0.394 e. The zero-order valence-corrected chi connectivity index (χ0v) is 6.66. The summed E-state index contributed by atoms with van der Waals surface area (Å²) in [5.74, 6) is 0.684. The van der Waals surface area contributed by atoms with Crippen LogP contribution >= 0.6 is 0 Å². The molecular weight excluding hydrogens is 144 g/mol. The van der Waals surface area contributed by atoms with Crippen molar-refractivity contribution in [3.63, 3.8) is 0 Å². The Morgan fingerprint density at radius 3 is 2.64 bits per heavy atom. The molecule has 0 aliphatic heterocycles. The first-order valence-electron chi connectivity index (χ1n) is 3.46. The molecule has 1 aromatic rings. The first kappa shape index (κ1) is 8.23. The predicted octanol–water partition coefficient (Wildman–Crippen LogP) is 0.284. The highest BCUT2D eigenvalue weighted by Crippen LogP contribution is 2.18. The van der Waals surface area contributed by atoms with Gasteiger partial charge < -0.3 is 15.4 Å². The van der Waals surface area contributed by atoms with Crippen LogP contribution in [0.4, 0.5) is 0 Å². The van der Waals surface area contributed by atoms with Gasteiger partial charge >= 0.3 is 0 Å². The Morgan fingerprint density at radius 1 is 1.64 bits per heavy atom. The van der Waals surface area contributed by atoms with Gasteiger partial charge in [0.05, 0.1) is 18.3 Å². The minimum atomic E-state index is -0.374. The second-order valence-corrected chi connectivity index (χ2v) is 2.53. The molecule has 0 radical (unpaired) electrons. The highest BCUT2D eigenvalue weighted by molar-refractivity contribution is 5.24. The molecule has 0 bridgehead atoms. The molecule has 0 saturated carbocycles. The molecule has 11 heavy (non-hydrogen) atoms. The Bertz CT molecular complexity index is 225. The number of nitrogens with two attached hydrogens (primary N) is 1. The molecule has 0 amide bonds. The van der Waals surface area contributed by atoms with E-state index in [0.717, 1.165) is 11.3 Å². The van der Waals surface area contributed by atoms with Gasteiger partial charge in [-0.05, 0) is 13.8 Å². The van der Waals surface area contributed by atoms with Crippen molar-refractivity contribution in [1.29, 1.82) is 0 Å². The highest BCUT2D eigenvalue weighted by Gasteiger charge is 2.15. The minimum Gasteiger partial charge on any atom is -0.394 e. The molecule has 4 nitrogen and oxygen atoms in total. The maximum atomic E-state index is 8.76. The van der Waals surface area contributed by atoms with E-state index >= 15 is 0 Å². The summed E-state index contributed by atoms with van der Waals surface area (Å²) in [4.78, 5) is 0. The Morgan fingerprint density at radius 2 is 2.27 bits per heavy atom. The van der Waals surface area contributed by atoms with Crippen LogP contribution in [-0.2, 0) is 0 Å². The minimum absolute atomic E-state index is 0.0805. The molecule has 0 aliphatic rings. The summed E-state index contributed by atoms with van der Waals surface area (Å²) < 4.78 is 4.88. The average Bonchev–Trinajstić information content (AvgIpc) is 2.30. The molecule has 0 fully saturated rings. The second kappa shape index (κ2) is 3.02. The first-order valence-corrected chi connectivity index (χ1v) is 3.46. The van der Waals surface area contributed by atoms with Crippen LogP contribution in [0, 0.1) is 13.8 Å². The normalized spacial score (nSPS) is 13.5. The lowest BCUT2D eigenvalue weighted by molar-refractivity contribution is 0.266. The van der Waals surface area contributed by atoms with Gasteiger partial charge in [-0.1, -0.05) is 5.16 Å². The second-order valence-electron chi connectivity index (χ2n) is 2.53. The van der Waals surface area contributed by atoms with Crippen molar-refractivity contribution in [3.8, 4) is 0 Å². The third kappa shape index (κ3) is 1.41. The molecule has 4 heteroatoms. The van der Waals surface area contributed by atoms with E-state index in [0.29, 0.717) is 5.76 Å². The third-order valence-electron chi connectivity index (χ3n) is 1.66. The van der Waals surface area contributed by atoms with Gasteiger partial charge in [0.1, 0.15) is 5.76 Å². The lowest BCUT2D eigenvalue weighted by Crippen LogP contribution is -2.15. The zero-order valence-electron chi connectivity index (χ0n) is 6.66. The van der Waals surface area contributed by atoms with Gasteiger partial charge in [-0.2, -0.15) is 0 Å². The molecule has 0 unspecified atom stereocenters. The van der Waals surface area contributed by atoms with E-state index in [9.17, 15) is 0 Å². The van der Waals surface area contributed by atoms with Crippen LogP contribution in [0.15, 0.2) is 4.52 Å². The molecule has 1 rings (SSSR count). The number of aryl methyl sites for hydroxylation is 2. The van der Waals surface area contributed by atoms with Crippen LogP contribution in [0.5, 0.6) is 0 Å². The fraction of sp³-hybridized carbons (Fsp3) is 0.571. The van der Waals surface area contributed by atoms with Gasteiger partial charge in [-0.15, -0.1) is 0 Å². The zero-order chi connectivity index (χ0) is 8.43. The smallest absolute Gasteiger partial charge is 0.138 e. The number of hydrogen-bond acceptors (Lipinski definition) is 4. The number of aliphatic hydroxyl groups excluding tert-OH is 1. The van der Waals surface area contributed by atoms with Crippen molar-refractivity contribution in [2.24, 2.45) is 5.73 Å². The summed E-state index contributed by atoms with van der Waals surface area (Å²) in [7, 11) is 0. The van der Waals surface area contributed by atoms with Crippen LogP contribution in [0.25, 0.3) is 0 Å². The van der Waals surface area contributed by atoms with Crippen LogP contribution in [0.2, 0.25) is 0 Å². The van der Waals surface area contributed by atoms with E-state index in [4.69, 9.17) is 15.4 Å². The lowest BCUT2D eigenvalue weighted by Gasteiger charge is -2.05. The SMILES string of the molecule is Cc1noc(C)c1[C@@H](N)CO. The van der Waals surface area contributed by atoms with E-state index in [1.165, 1.54) is 0 Å². The molecule has 3 N–H and O–H groups in total. The van der Waals surface area contributed by atoms with Gasteiger partial charge in [0.25, 0.3) is 0 Å². The topological polar surface area (TPSA) is 72.3 Å². The quantitative estimate of drug-likeness (QED) is 0.645. The Hall–Kier alpha value is -0.870. The molecular formula is C7H12N2O2. The standard InChI is InChI=1S/C7H12N2O2/c1-4-7(6(8)3-10)5(2)11-9-4/h6,10H,3,8H2,1-2H3/t6-/m0/s1. The van der Waals surface area contributed by atoms with Crippen molar-refractivity contribution >= 4 is 0 Å². The van der Waals surface area contributed by atoms with Crippen molar-refractivity contribution in [3.05, 3.63) is 17.0 Å². The van der Waals surface area contributed by atoms with Crippen molar-refractivity contribution in [2.45, 2.75) is 19.9 Å². The monoisotopic (exact) mass is 156 g/mol. The number of nitrogens with zero attached hydrogens (tertiary/aromatic N) is 1. The maximum Gasteiger partial charge on any atom is 0.138 e. The number of rotatable bonds is 2. The van der Waals surface area contributed by atoms with E-state index in [1.807, 2.05) is 0 Å². The molecule has 0 aliphatic carbocycles. The lowest BCUT2D eigenvalue weighted by atomic mass is 10.1. The molecule has 0 spiro atoms. The molecule has 1 heterocycles. The molecule has 0 saturated heterocycles. The number of aliphatic hydroxyl groups is 1. The number of aromatic nitrogens is 1. The summed E-state index contributed by atoms with van der Waals surface area (Å²) in [5, 5.41) is 12.5. The van der Waals surface area contributed by atoms with Crippen LogP contribution < -0.4 is 5.73 Å². The van der Waals surface area contributed by atoms with Crippen LogP contribution in [-0.4, -0.2) is 16.9 Å². The van der Waals surface area contributed by atoms with E-state index < -0.39 is 0 Å². The van der Waals surface area contributed by atoms with Crippen molar-refractivity contribution in [1.82, 2.24) is 5.16 Å². The molecule has 1 atom stereocenters. The summed E-state index contributed by atoms with van der Waals surface area (Å²) in [6.07, 6.45) is 0. The van der Waals surface area contributed by atoms with Gasteiger partial charge in [0.2, 0.25) is 0 Å². The molecule has 62 valence electrons. The Labute approximate surface area is 65.0 Å². The summed E-state index contributed by atoms with van der Waals surface area (Å²) >= 11 is 0. The third-order valence-corrected chi connectivity index (χ3v) is 1.66. The van der Waals surface area contributed by atoms with E-state index in [1.54, 1.807) is 13.8 Å². The Balaban J connectivity index is 3.00. The van der Waals surface area contributed by atoms with Crippen molar-refractivity contribution < 1.29 is 9.63 Å². The van der Waals surface area contributed by atoms with Gasteiger partial charge in [0.15, 0.2) is 0 Å². The van der Waals surface area contributed by atoms with E-state index in [2.05, 4.69) is 5.16 Å². The highest BCUT2D eigenvalue weighted by atomic mass is 16.5. The summed E-state index contributed by atoms with van der Waals surface area (Å²) in [6.45, 7) is 3.51. The van der Waals surface area contributed by atoms with E-state index in [-0.39, 0.29) is 12.6 Å². The fourth-order valence-electron chi connectivity index (χ4n) is 1.11. The van der Waals surface area contributed by atoms with Crippen LogP contribution in [0.3, 0.4) is 0 Å². The molecule has 1 aromatic heterocycles. The summed E-state index contributed by atoms with van der Waals surface area (Å²) in [6, 6.07) is -0.374. The maximum absolute atomic E-state index is 8.76. The summed E-state index contributed by atoms with van der Waals surface area (Å²) in [5.41, 5.74) is 7.16. The first-order chi connectivity index (χ1) is 5.16. The van der Waals surface area contributed by atoms with Gasteiger partial charge in [-0.25, -0.2) is 0 Å². The average molecular weight is 156 g/mol. The van der Waals surface area contributed by atoms with Crippen LogP contribution in [0.1, 0.15) is 23.1 Å². The molecule has 0 aromatic carbocycles. The Kier molecular flexibility index (Phi) is 2.26. The van der Waals surface area contributed by atoms with Gasteiger partial charge in [0, 0.05) is 5.56 Å². The predicted molar refractivity (Wildman–Crippen MR) is 40.0 cm³/mol. The van der Waals surface area contributed by atoms with Crippen molar-refractivity contribution in [2.75, 3.05) is 6.61 Å².